The number of fused-ring (bicyclic) bond motifs is 1. The van der Waals surface area contributed by atoms with Crippen molar-refractivity contribution in [2.24, 2.45) is 5.73 Å². The quantitative estimate of drug-likeness (QED) is 0.584. The Labute approximate surface area is 142 Å². The third-order valence-electron chi connectivity index (χ3n) is 3.43. The summed E-state index contributed by atoms with van der Waals surface area (Å²) in [6, 6.07) is 20.8. The molecule has 23 heavy (non-hydrogen) atoms. The summed E-state index contributed by atoms with van der Waals surface area (Å²) < 4.78 is 1.26. The molecule has 0 unspecified atom stereocenters. The first kappa shape index (κ1) is 17.0. The second-order valence-corrected chi connectivity index (χ2v) is 6.70. The second-order valence-electron chi connectivity index (χ2n) is 5.62. The molecule has 2 heteroatoms. The summed E-state index contributed by atoms with van der Waals surface area (Å²) in [6.07, 6.45) is 2.22. The fourth-order valence-corrected chi connectivity index (χ4v) is 3.09. The molecular formula is C21H23NS. The average Bonchev–Trinajstić information content (AvgIpc) is 2.99. The molecule has 0 aliphatic heterocycles. The van der Waals surface area contributed by atoms with E-state index in [-0.39, 0.29) is 0 Å². The molecule has 0 fully saturated rings. The Kier molecular flexibility index (Phi) is 6.19. The molecule has 0 radical (unpaired) electrons. The van der Waals surface area contributed by atoms with Gasteiger partial charge < -0.3 is 5.73 Å². The zero-order valence-electron chi connectivity index (χ0n) is 13.6. The lowest BCUT2D eigenvalue weighted by atomic mass is 10.1. The van der Waals surface area contributed by atoms with E-state index < -0.39 is 0 Å². The molecule has 0 aliphatic carbocycles. The Balaban J connectivity index is 0.000000168. The van der Waals surface area contributed by atoms with E-state index in [2.05, 4.69) is 62.5 Å². The van der Waals surface area contributed by atoms with Gasteiger partial charge in [0.2, 0.25) is 0 Å². The van der Waals surface area contributed by atoms with Crippen LogP contribution in [0.1, 0.15) is 23.8 Å². The van der Waals surface area contributed by atoms with Crippen LogP contribution in [0.25, 0.3) is 15.8 Å². The van der Waals surface area contributed by atoms with Crippen molar-refractivity contribution in [1.82, 2.24) is 0 Å². The first-order valence-corrected chi connectivity index (χ1v) is 8.49. The Hall–Kier alpha value is -2.32. The third kappa shape index (κ3) is 5.42. The van der Waals surface area contributed by atoms with E-state index in [0.29, 0.717) is 5.70 Å². The van der Waals surface area contributed by atoms with E-state index in [0.717, 1.165) is 17.7 Å². The maximum Gasteiger partial charge on any atom is 0.0506 e. The highest BCUT2D eigenvalue weighted by molar-refractivity contribution is 7.20. The van der Waals surface area contributed by atoms with Crippen molar-refractivity contribution in [2.75, 3.05) is 0 Å². The van der Waals surface area contributed by atoms with Crippen molar-refractivity contribution >= 4 is 27.1 Å². The molecule has 0 saturated heterocycles. The molecule has 0 spiro atoms. The van der Waals surface area contributed by atoms with Crippen molar-refractivity contribution in [3.8, 4) is 0 Å². The number of hydrogen-bond donors (Lipinski definition) is 1. The Morgan fingerprint density at radius 3 is 2.26 bits per heavy atom. The monoisotopic (exact) mass is 321 g/mol. The molecule has 1 nitrogen and oxygen atoms in total. The Bertz CT molecular complexity index is 751. The van der Waals surface area contributed by atoms with Gasteiger partial charge in [-0.25, -0.2) is 0 Å². The van der Waals surface area contributed by atoms with Crippen LogP contribution in [0.5, 0.6) is 0 Å². The highest BCUT2D eigenvalue weighted by Crippen LogP contribution is 2.27. The van der Waals surface area contributed by atoms with Crippen LogP contribution in [-0.2, 0) is 6.42 Å². The molecule has 2 N–H and O–H groups in total. The summed E-state index contributed by atoms with van der Waals surface area (Å²) in [5.41, 5.74) is 8.90. The Morgan fingerprint density at radius 1 is 1.00 bits per heavy atom. The number of rotatable bonds is 4. The lowest BCUT2D eigenvalue weighted by Gasteiger charge is -1.98. The van der Waals surface area contributed by atoms with Gasteiger partial charge in [-0.3, -0.25) is 0 Å². The lowest BCUT2D eigenvalue weighted by molar-refractivity contribution is 0.946. The molecule has 0 amide bonds. The molecular weight excluding hydrogens is 298 g/mol. The van der Waals surface area contributed by atoms with Crippen molar-refractivity contribution in [1.29, 1.82) is 0 Å². The molecule has 0 aliphatic rings. The molecule has 3 rings (SSSR count). The van der Waals surface area contributed by atoms with Gasteiger partial charge in [-0.1, -0.05) is 60.7 Å². The largest absolute Gasteiger partial charge is 0.398 e. The van der Waals surface area contributed by atoms with Gasteiger partial charge in [0.25, 0.3) is 0 Å². The fraction of sp³-hybridized carbons (Fsp3) is 0.143. The van der Waals surface area contributed by atoms with Gasteiger partial charge in [-0.2, -0.15) is 0 Å². The number of thiophene rings is 1. The molecule has 2 aromatic carbocycles. The van der Waals surface area contributed by atoms with Crippen LogP contribution in [0.15, 0.2) is 79.4 Å². The van der Waals surface area contributed by atoms with Crippen molar-refractivity contribution in [2.45, 2.75) is 19.8 Å². The van der Waals surface area contributed by atoms with Gasteiger partial charge in [0.05, 0.1) is 4.88 Å². The molecule has 1 aromatic heterocycles. The summed E-state index contributed by atoms with van der Waals surface area (Å²) in [7, 11) is 0. The minimum atomic E-state index is 0.649. The van der Waals surface area contributed by atoms with E-state index in [1.807, 2.05) is 18.2 Å². The predicted octanol–water partition coefficient (Wildman–Crippen LogP) is 6.03. The number of nitrogens with two attached hydrogens (primary N) is 1. The van der Waals surface area contributed by atoms with Crippen LogP contribution in [0.3, 0.4) is 0 Å². The van der Waals surface area contributed by atoms with Crippen LogP contribution in [0.2, 0.25) is 0 Å². The minimum absolute atomic E-state index is 0.649. The average molecular weight is 321 g/mol. The van der Waals surface area contributed by atoms with Gasteiger partial charge in [0.15, 0.2) is 0 Å². The number of hydrogen-bond acceptors (Lipinski definition) is 2. The number of aryl methyl sites for hydroxylation is 1. The Morgan fingerprint density at radius 2 is 1.65 bits per heavy atom. The summed E-state index contributed by atoms with van der Waals surface area (Å²) in [6.45, 7) is 9.65. The second kappa shape index (κ2) is 8.35. The van der Waals surface area contributed by atoms with Gasteiger partial charge in [-0.05, 0) is 42.8 Å². The normalized spacial score (nSPS) is 9.96. The van der Waals surface area contributed by atoms with Crippen LogP contribution in [-0.4, -0.2) is 0 Å². The molecule has 118 valence electrons. The fourth-order valence-electron chi connectivity index (χ4n) is 2.14. The summed E-state index contributed by atoms with van der Waals surface area (Å²) >= 11 is 1.68. The summed E-state index contributed by atoms with van der Waals surface area (Å²) in [4.78, 5) is 1.07. The van der Waals surface area contributed by atoms with Crippen LogP contribution < -0.4 is 5.73 Å². The molecule has 1 heterocycles. The van der Waals surface area contributed by atoms with Crippen LogP contribution in [0.4, 0.5) is 0 Å². The van der Waals surface area contributed by atoms with E-state index in [1.54, 1.807) is 11.3 Å². The topological polar surface area (TPSA) is 26.0 Å². The van der Waals surface area contributed by atoms with E-state index in [1.165, 1.54) is 21.2 Å². The van der Waals surface area contributed by atoms with Gasteiger partial charge >= 0.3 is 0 Å². The summed E-state index contributed by atoms with van der Waals surface area (Å²) in [5, 5.41) is 1.24. The standard InChI is InChI=1S/C11H14.C10H9NS/c1-10(2)8-9-11-6-4-3-5-7-11;1-7(11)10-6-8-4-2-3-5-9(8)12-10/h3-7H,1,8-9H2,2H3;2-6H,1,11H2. The zero-order valence-corrected chi connectivity index (χ0v) is 14.4. The van der Waals surface area contributed by atoms with E-state index in [4.69, 9.17) is 5.73 Å². The van der Waals surface area contributed by atoms with Crippen LogP contribution >= 0.6 is 11.3 Å². The SMILES string of the molecule is C=C(C)CCc1ccccc1.C=C(N)c1cc2ccccc2s1. The molecule has 3 aromatic rings. The first-order valence-electron chi connectivity index (χ1n) is 7.68. The number of benzene rings is 2. The third-order valence-corrected chi connectivity index (χ3v) is 4.62. The predicted molar refractivity (Wildman–Crippen MR) is 105 cm³/mol. The molecule has 0 bridgehead atoms. The first-order chi connectivity index (χ1) is 11.1. The maximum absolute atomic E-state index is 5.59. The van der Waals surface area contributed by atoms with E-state index >= 15 is 0 Å². The zero-order chi connectivity index (χ0) is 16.7. The lowest BCUT2D eigenvalue weighted by Crippen LogP contribution is -1.88. The van der Waals surface area contributed by atoms with E-state index in [9.17, 15) is 0 Å². The smallest absolute Gasteiger partial charge is 0.0506 e. The van der Waals surface area contributed by atoms with Crippen LogP contribution in [0, 0.1) is 0 Å². The number of allylic oxidation sites excluding steroid dienone is 1. The van der Waals surface area contributed by atoms with Crippen molar-refractivity contribution < 1.29 is 0 Å². The molecule has 0 saturated carbocycles. The van der Waals surface area contributed by atoms with Gasteiger partial charge in [-0.15, -0.1) is 17.9 Å². The highest BCUT2D eigenvalue weighted by atomic mass is 32.1. The van der Waals surface area contributed by atoms with Crippen molar-refractivity contribution in [3.05, 3.63) is 89.8 Å². The summed E-state index contributed by atoms with van der Waals surface area (Å²) in [5.74, 6) is 0. The maximum atomic E-state index is 5.59. The minimum Gasteiger partial charge on any atom is -0.398 e. The van der Waals surface area contributed by atoms with Gasteiger partial charge in [0, 0.05) is 10.4 Å². The van der Waals surface area contributed by atoms with Crippen molar-refractivity contribution in [3.63, 3.8) is 0 Å². The highest BCUT2D eigenvalue weighted by Gasteiger charge is 2.00. The van der Waals surface area contributed by atoms with Gasteiger partial charge in [0.1, 0.15) is 0 Å². The molecule has 0 atom stereocenters.